The lowest BCUT2D eigenvalue weighted by Gasteiger charge is -2.13. The average molecular weight is 320 g/mol. The lowest BCUT2D eigenvalue weighted by atomic mass is 10.2. The van der Waals surface area contributed by atoms with E-state index in [1.54, 1.807) is 31.2 Å². The van der Waals surface area contributed by atoms with Crippen molar-refractivity contribution in [1.29, 1.82) is 0 Å². The highest BCUT2D eigenvalue weighted by atomic mass is 32.2. The smallest absolute Gasteiger partial charge is 0.297 e. The third-order valence-corrected chi connectivity index (χ3v) is 4.50. The lowest BCUT2D eigenvalue weighted by Crippen LogP contribution is -2.20. The van der Waals surface area contributed by atoms with E-state index < -0.39 is 16.2 Å². The molecule has 2 aromatic rings. The minimum atomic E-state index is -3.75. The van der Waals surface area contributed by atoms with E-state index in [1.165, 1.54) is 0 Å². The summed E-state index contributed by atoms with van der Waals surface area (Å²) in [5, 5.41) is 0. The number of ether oxygens (including phenoxy) is 1. The first-order valence-electron chi connectivity index (χ1n) is 7.09. The van der Waals surface area contributed by atoms with Gasteiger partial charge in [0.15, 0.2) is 0 Å². The van der Waals surface area contributed by atoms with Crippen molar-refractivity contribution in [2.75, 3.05) is 6.61 Å². The zero-order chi connectivity index (χ0) is 16.0. The van der Waals surface area contributed by atoms with Crippen LogP contribution in [0.2, 0.25) is 0 Å². The molecule has 0 unspecified atom stereocenters. The molecule has 0 bridgehead atoms. The van der Waals surface area contributed by atoms with E-state index >= 15 is 0 Å². The molecule has 0 aliphatic rings. The fraction of sp³-hybridized carbons (Fsp3) is 0.294. The first kappa shape index (κ1) is 16.7. The van der Waals surface area contributed by atoms with Crippen molar-refractivity contribution >= 4 is 10.1 Å². The second-order valence-corrected chi connectivity index (χ2v) is 6.75. The highest BCUT2D eigenvalue weighted by molar-refractivity contribution is 7.86. The Labute approximate surface area is 131 Å². The van der Waals surface area contributed by atoms with Crippen molar-refractivity contribution in [2.45, 2.75) is 31.5 Å². The Morgan fingerprint density at radius 3 is 2.27 bits per heavy atom. The number of benzene rings is 2. The van der Waals surface area contributed by atoms with Gasteiger partial charge < -0.3 is 4.74 Å². The molecule has 0 N–H and O–H groups in total. The second-order valence-electron chi connectivity index (χ2n) is 5.17. The number of hydrogen-bond donors (Lipinski definition) is 0. The van der Waals surface area contributed by atoms with Gasteiger partial charge in [-0.15, -0.1) is 0 Å². The van der Waals surface area contributed by atoms with Gasteiger partial charge in [-0.05, 0) is 31.5 Å². The van der Waals surface area contributed by atoms with E-state index in [2.05, 4.69) is 0 Å². The maximum Gasteiger partial charge on any atom is 0.297 e. The standard InChI is InChI=1S/C17H20O4S/c1-14-8-10-17(11-9-14)22(18,19)21-15(2)12-20-13-16-6-4-3-5-7-16/h3-11,15H,12-13H2,1-2H3/t15-/m0/s1. The SMILES string of the molecule is Cc1ccc(S(=O)(=O)O[C@@H](C)COCc2ccccc2)cc1. The summed E-state index contributed by atoms with van der Waals surface area (Å²) in [4.78, 5) is 0.160. The molecule has 5 heteroatoms. The van der Waals surface area contributed by atoms with Gasteiger partial charge in [0.2, 0.25) is 0 Å². The monoisotopic (exact) mass is 320 g/mol. The largest absolute Gasteiger partial charge is 0.374 e. The Balaban J connectivity index is 1.85. The lowest BCUT2D eigenvalue weighted by molar-refractivity contribution is 0.0522. The molecule has 0 aliphatic heterocycles. The normalized spacial score (nSPS) is 13.0. The van der Waals surface area contributed by atoms with Gasteiger partial charge in [-0.3, -0.25) is 4.18 Å². The number of hydrogen-bond acceptors (Lipinski definition) is 4. The van der Waals surface area contributed by atoms with Crippen LogP contribution in [0.3, 0.4) is 0 Å². The van der Waals surface area contributed by atoms with E-state index in [9.17, 15) is 8.42 Å². The highest BCUT2D eigenvalue weighted by Gasteiger charge is 2.19. The van der Waals surface area contributed by atoms with Crippen LogP contribution >= 0.6 is 0 Å². The van der Waals surface area contributed by atoms with E-state index in [-0.39, 0.29) is 11.5 Å². The highest BCUT2D eigenvalue weighted by Crippen LogP contribution is 2.15. The molecular formula is C17H20O4S. The molecule has 0 amide bonds. The summed E-state index contributed by atoms with van der Waals surface area (Å²) in [5.74, 6) is 0. The summed E-state index contributed by atoms with van der Waals surface area (Å²) >= 11 is 0. The first-order chi connectivity index (χ1) is 10.5. The Hall–Kier alpha value is -1.69. The molecule has 0 spiro atoms. The molecule has 118 valence electrons. The van der Waals surface area contributed by atoms with Crippen LogP contribution in [0, 0.1) is 6.92 Å². The quantitative estimate of drug-likeness (QED) is 0.735. The van der Waals surface area contributed by atoms with Crippen LogP contribution < -0.4 is 0 Å². The zero-order valence-electron chi connectivity index (χ0n) is 12.7. The van der Waals surface area contributed by atoms with E-state index in [4.69, 9.17) is 8.92 Å². The van der Waals surface area contributed by atoms with Crippen LogP contribution in [0.4, 0.5) is 0 Å². The molecule has 0 fully saturated rings. The Morgan fingerprint density at radius 1 is 1.00 bits per heavy atom. The van der Waals surface area contributed by atoms with Crippen LogP contribution in [0.1, 0.15) is 18.1 Å². The van der Waals surface area contributed by atoms with E-state index in [0.717, 1.165) is 11.1 Å². The molecule has 2 rings (SSSR count). The molecule has 22 heavy (non-hydrogen) atoms. The van der Waals surface area contributed by atoms with Crippen LogP contribution in [0.25, 0.3) is 0 Å². The fourth-order valence-corrected chi connectivity index (χ4v) is 2.99. The van der Waals surface area contributed by atoms with Crippen molar-refractivity contribution in [3.8, 4) is 0 Å². The minimum Gasteiger partial charge on any atom is -0.374 e. The van der Waals surface area contributed by atoms with Crippen LogP contribution in [0.5, 0.6) is 0 Å². The molecule has 4 nitrogen and oxygen atoms in total. The predicted octanol–water partition coefficient (Wildman–Crippen LogP) is 3.31. The van der Waals surface area contributed by atoms with Gasteiger partial charge in [0.25, 0.3) is 10.1 Å². The third kappa shape index (κ3) is 4.94. The zero-order valence-corrected chi connectivity index (χ0v) is 13.5. The van der Waals surface area contributed by atoms with Crippen molar-refractivity contribution in [3.63, 3.8) is 0 Å². The molecule has 0 aromatic heterocycles. The molecule has 0 saturated carbocycles. The molecule has 1 atom stereocenters. The fourth-order valence-electron chi connectivity index (χ4n) is 1.92. The Bertz CT molecular complexity index is 678. The summed E-state index contributed by atoms with van der Waals surface area (Å²) in [5.41, 5.74) is 2.04. The molecule has 0 saturated heterocycles. The number of aryl methyl sites for hydroxylation is 1. The maximum atomic E-state index is 12.1. The molecule has 0 radical (unpaired) electrons. The van der Waals surface area contributed by atoms with E-state index in [1.807, 2.05) is 37.3 Å². The van der Waals surface area contributed by atoms with Gasteiger partial charge >= 0.3 is 0 Å². The van der Waals surface area contributed by atoms with Crippen LogP contribution in [-0.4, -0.2) is 21.1 Å². The van der Waals surface area contributed by atoms with Crippen molar-refractivity contribution < 1.29 is 17.3 Å². The van der Waals surface area contributed by atoms with E-state index in [0.29, 0.717) is 6.61 Å². The number of rotatable bonds is 7. The maximum absolute atomic E-state index is 12.1. The van der Waals surface area contributed by atoms with Crippen LogP contribution in [-0.2, 0) is 25.6 Å². The Kier molecular flexibility index (Phi) is 5.71. The van der Waals surface area contributed by atoms with Crippen molar-refractivity contribution in [1.82, 2.24) is 0 Å². The molecule has 0 aliphatic carbocycles. The molecule has 0 heterocycles. The Morgan fingerprint density at radius 2 is 1.64 bits per heavy atom. The summed E-state index contributed by atoms with van der Waals surface area (Å²) in [6.45, 7) is 4.22. The second kappa shape index (κ2) is 7.54. The molecular weight excluding hydrogens is 300 g/mol. The van der Waals surface area contributed by atoms with Gasteiger partial charge in [0.05, 0.1) is 24.2 Å². The topological polar surface area (TPSA) is 52.6 Å². The third-order valence-electron chi connectivity index (χ3n) is 3.06. The minimum absolute atomic E-state index is 0.160. The van der Waals surface area contributed by atoms with Gasteiger partial charge in [-0.2, -0.15) is 8.42 Å². The summed E-state index contributed by atoms with van der Waals surface area (Å²) < 4.78 is 34.9. The van der Waals surface area contributed by atoms with Gasteiger partial charge in [0, 0.05) is 0 Å². The first-order valence-corrected chi connectivity index (χ1v) is 8.50. The van der Waals surface area contributed by atoms with Gasteiger partial charge in [0.1, 0.15) is 0 Å². The van der Waals surface area contributed by atoms with Gasteiger partial charge in [-0.1, -0.05) is 48.0 Å². The molecule has 2 aromatic carbocycles. The summed E-state index contributed by atoms with van der Waals surface area (Å²) in [6, 6.07) is 16.3. The van der Waals surface area contributed by atoms with Gasteiger partial charge in [-0.25, -0.2) is 0 Å². The van der Waals surface area contributed by atoms with Crippen molar-refractivity contribution in [2.24, 2.45) is 0 Å². The average Bonchev–Trinajstić information content (AvgIpc) is 2.48. The van der Waals surface area contributed by atoms with Crippen LogP contribution in [0.15, 0.2) is 59.5 Å². The summed E-state index contributed by atoms with van der Waals surface area (Å²) in [6.07, 6.45) is -0.546. The predicted molar refractivity (Wildman–Crippen MR) is 85.0 cm³/mol. The van der Waals surface area contributed by atoms with Crippen molar-refractivity contribution in [3.05, 3.63) is 65.7 Å². The summed E-state index contributed by atoms with van der Waals surface area (Å²) in [7, 11) is -3.75.